The van der Waals surface area contributed by atoms with Crippen LogP contribution in [0.25, 0.3) is 0 Å². The van der Waals surface area contributed by atoms with Crippen molar-refractivity contribution in [3.05, 3.63) is 35.9 Å². The summed E-state index contributed by atoms with van der Waals surface area (Å²) in [6, 6.07) is 10.1. The number of benzene rings is 1. The Balaban J connectivity index is 1.66. The second-order valence-electron chi connectivity index (χ2n) is 5.79. The number of rotatable bonds is 6. The summed E-state index contributed by atoms with van der Waals surface area (Å²) in [5, 5.41) is 2.89. The first-order chi connectivity index (χ1) is 10.6. The van der Waals surface area contributed by atoms with Crippen LogP contribution < -0.4 is 11.1 Å². The Morgan fingerprint density at radius 2 is 2.09 bits per heavy atom. The quantitative estimate of drug-likeness (QED) is 0.809. The highest BCUT2D eigenvalue weighted by molar-refractivity contribution is 5.80. The minimum absolute atomic E-state index is 0.114. The van der Waals surface area contributed by atoms with Gasteiger partial charge >= 0.3 is 6.03 Å². The van der Waals surface area contributed by atoms with Crippen LogP contribution in [0.15, 0.2) is 30.3 Å². The van der Waals surface area contributed by atoms with Crippen molar-refractivity contribution in [3.63, 3.8) is 0 Å². The topological polar surface area (TPSA) is 78.7 Å². The number of likely N-dealkylation sites (tertiary alicyclic amines) is 1. The van der Waals surface area contributed by atoms with Crippen molar-refractivity contribution in [2.45, 2.75) is 13.0 Å². The molecule has 1 atom stereocenters. The van der Waals surface area contributed by atoms with Crippen LogP contribution in [0.1, 0.15) is 12.0 Å². The molecule has 2 rings (SSSR count). The van der Waals surface area contributed by atoms with Crippen molar-refractivity contribution < 1.29 is 9.59 Å². The first-order valence-electron chi connectivity index (χ1n) is 7.61. The highest BCUT2D eigenvalue weighted by Crippen LogP contribution is 2.15. The van der Waals surface area contributed by atoms with Crippen LogP contribution in [-0.2, 0) is 11.3 Å². The molecule has 0 saturated carbocycles. The molecule has 1 aromatic rings. The third-order valence-corrected chi connectivity index (χ3v) is 3.94. The monoisotopic (exact) mass is 304 g/mol. The predicted molar refractivity (Wildman–Crippen MR) is 85.0 cm³/mol. The van der Waals surface area contributed by atoms with E-state index in [0.29, 0.717) is 26.1 Å². The Bertz CT molecular complexity index is 506. The van der Waals surface area contributed by atoms with E-state index in [2.05, 4.69) is 22.3 Å². The van der Waals surface area contributed by atoms with Gasteiger partial charge in [-0.05, 0) is 19.0 Å². The fourth-order valence-corrected chi connectivity index (χ4v) is 2.62. The first-order valence-corrected chi connectivity index (χ1v) is 7.61. The Hall–Kier alpha value is -2.08. The summed E-state index contributed by atoms with van der Waals surface area (Å²) < 4.78 is 0. The fourth-order valence-electron chi connectivity index (χ4n) is 2.62. The lowest BCUT2D eigenvalue weighted by molar-refractivity contribution is -0.121. The molecule has 1 saturated heterocycles. The minimum Gasteiger partial charge on any atom is -0.369 e. The Kier molecular flexibility index (Phi) is 5.77. The van der Waals surface area contributed by atoms with Crippen LogP contribution in [0.5, 0.6) is 0 Å². The van der Waals surface area contributed by atoms with E-state index in [1.165, 1.54) is 5.56 Å². The van der Waals surface area contributed by atoms with Crippen molar-refractivity contribution in [2.24, 2.45) is 11.7 Å². The van der Waals surface area contributed by atoms with E-state index < -0.39 is 0 Å². The summed E-state index contributed by atoms with van der Waals surface area (Å²) >= 11 is 0. The number of nitrogens with one attached hydrogen (secondary N) is 1. The summed E-state index contributed by atoms with van der Waals surface area (Å²) in [7, 11) is 2.03. The number of urea groups is 1. The Morgan fingerprint density at radius 1 is 1.36 bits per heavy atom. The van der Waals surface area contributed by atoms with E-state index in [4.69, 9.17) is 5.73 Å². The zero-order valence-corrected chi connectivity index (χ0v) is 13.0. The van der Waals surface area contributed by atoms with Gasteiger partial charge in [-0.25, -0.2) is 4.79 Å². The van der Waals surface area contributed by atoms with Crippen molar-refractivity contribution in [1.29, 1.82) is 0 Å². The van der Waals surface area contributed by atoms with Crippen LogP contribution >= 0.6 is 0 Å². The lowest BCUT2D eigenvalue weighted by atomic mass is 10.1. The highest BCUT2D eigenvalue weighted by atomic mass is 16.2. The lowest BCUT2D eigenvalue weighted by Gasteiger charge is -2.20. The van der Waals surface area contributed by atoms with E-state index in [0.717, 1.165) is 13.1 Å². The van der Waals surface area contributed by atoms with Crippen LogP contribution in [0.3, 0.4) is 0 Å². The average Bonchev–Trinajstić information content (AvgIpc) is 2.98. The molecule has 0 aromatic heterocycles. The molecular formula is C16H24N4O2. The van der Waals surface area contributed by atoms with Gasteiger partial charge in [-0.3, -0.25) is 4.79 Å². The molecule has 1 unspecified atom stereocenters. The Labute approximate surface area is 131 Å². The molecule has 1 aliphatic heterocycles. The van der Waals surface area contributed by atoms with Gasteiger partial charge < -0.3 is 20.9 Å². The maximum atomic E-state index is 12.0. The average molecular weight is 304 g/mol. The minimum atomic E-state index is -0.321. The molecule has 1 aromatic carbocycles. The number of hydrogen-bond acceptors (Lipinski definition) is 3. The summed E-state index contributed by atoms with van der Waals surface area (Å²) in [4.78, 5) is 26.9. The maximum absolute atomic E-state index is 12.0. The summed E-state index contributed by atoms with van der Waals surface area (Å²) in [6.45, 7) is 3.23. The molecule has 3 N–H and O–H groups in total. The lowest BCUT2D eigenvalue weighted by Crippen LogP contribution is -2.42. The molecule has 120 valence electrons. The molecule has 0 spiro atoms. The van der Waals surface area contributed by atoms with E-state index >= 15 is 0 Å². The van der Waals surface area contributed by atoms with Gasteiger partial charge in [-0.1, -0.05) is 30.3 Å². The van der Waals surface area contributed by atoms with Crippen molar-refractivity contribution in [2.75, 3.05) is 33.2 Å². The van der Waals surface area contributed by atoms with Gasteiger partial charge in [-0.15, -0.1) is 0 Å². The first kappa shape index (κ1) is 16.3. The molecule has 1 fully saturated rings. The van der Waals surface area contributed by atoms with E-state index in [1.54, 1.807) is 4.90 Å². The molecule has 22 heavy (non-hydrogen) atoms. The maximum Gasteiger partial charge on any atom is 0.317 e. The van der Waals surface area contributed by atoms with Gasteiger partial charge in [-0.2, -0.15) is 0 Å². The number of amides is 3. The molecule has 3 amide bonds. The van der Waals surface area contributed by atoms with Crippen LogP contribution in [0.4, 0.5) is 4.79 Å². The SMILES string of the molecule is CN(CCNC(=O)N1CCC(C(N)=O)C1)Cc1ccccc1. The molecule has 6 heteroatoms. The third-order valence-electron chi connectivity index (χ3n) is 3.94. The Morgan fingerprint density at radius 3 is 2.73 bits per heavy atom. The number of carbonyl (C=O) groups is 2. The van der Waals surface area contributed by atoms with Crippen LogP contribution in [0.2, 0.25) is 0 Å². The summed E-state index contributed by atoms with van der Waals surface area (Å²) in [5.41, 5.74) is 6.52. The van der Waals surface area contributed by atoms with Gasteiger partial charge in [0.1, 0.15) is 0 Å². The van der Waals surface area contributed by atoms with Gasteiger partial charge in [0.2, 0.25) is 5.91 Å². The zero-order chi connectivity index (χ0) is 15.9. The molecular weight excluding hydrogens is 280 g/mol. The summed E-state index contributed by atoms with van der Waals surface area (Å²) in [5.74, 6) is -0.524. The van der Waals surface area contributed by atoms with E-state index in [9.17, 15) is 9.59 Å². The number of carbonyl (C=O) groups excluding carboxylic acids is 2. The molecule has 6 nitrogen and oxygen atoms in total. The zero-order valence-electron chi connectivity index (χ0n) is 13.0. The van der Waals surface area contributed by atoms with Gasteiger partial charge in [0.25, 0.3) is 0 Å². The van der Waals surface area contributed by atoms with Crippen LogP contribution in [0, 0.1) is 5.92 Å². The van der Waals surface area contributed by atoms with Crippen molar-refractivity contribution in [3.8, 4) is 0 Å². The number of nitrogens with two attached hydrogens (primary N) is 1. The molecule has 0 aliphatic carbocycles. The molecule has 0 radical (unpaired) electrons. The van der Waals surface area contributed by atoms with E-state index in [-0.39, 0.29) is 17.9 Å². The number of hydrogen-bond donors (Lipinski definition) is 2. The van der Waals surface area contributed by atoms with Gasteiger partial charge in [0.05, 0.1) is 5.92 Å². The van der Waals surface area contributed by atoms with Gasteiger partial charge in [0, 0.05) is 32.7 Å². The van der Waals surface area contributed by atoms with Gasteiger partial charge in [0.15, 0.2) is 0 Å². The molecule has 1 heterocycles. The second kappa shape index (κ2) is 7.79. The number of primary amides is 1. The smallest absolute Gasteiger partial charge is 0.317 e. The van der Waals surface area contributed by atoms with Crippen molar-refractivity contribution in [1.82, 2.24) is 15.1 Å². The molecule has 1 aliphatic rings. The largest absolute Gasteiger partial charge is 0.369 e. The third kappa shape index (κ3) is 4.73. The summed E-state index contributed by atoms with van der Waals surface area (Å²) in [6.07, 6.45) is 0.663. The second-order valence-corrected chi connectivity index (χ2v) is 5.79. The van der Waals surface area contributed by atoms with E-state index in [1.807, 2.05) is 25.2 Å². The highest BCUT2D eigenvalue weighted by Gasteiger charge is 2.29. The number of likely N-dealkylation sites (N-methyl/N-ethyl adjacent to an activating group) is 1. The van der Waals surface area contributed by atoms with Crippen LogP contribution in [-0.4, -0.2) is 55.0 Å². The fraction of sp³-hybridized carbons (Fsp3) is 0.500. The van der Waals surface area contributed by atoms with Crippen molar-refractivity contribution >= 4 is 11.9 Å². The standard InChI is InChI=1S/C16H24N4O2/c1-19(11-13-5-3-2-4-6-13)10-8-18-16(22)20-9-7-14(12-20)15(17)21/h2-6,14H,7-12H2,1H3,(H2,17,21)(H,18,22). The predicted octanol–water partition coefficient (Wildman–Crippen LogP) is 0.635. The molecule has 0 bridgehead atoms. The normalized spacial score (nSPS) is 17.7. The number of nitrogens with zero attached hydrogens (tertiary/aromatic N) is 2.